The molecule has 0 aliphatic heterocycles. The average molecular weight is 243 g/mol. The molecular weight excluding hydrogens is 218 g/mol. The zero-order valence-electron chi connectivity index (χ0n) is 10.7. The number of hydrogen-bond donors (Lipinski definition) is 1. The Labute approximate surface area is 104 Å². The molecule has 4 heteroatoms. The molecule has 0 rings (SSSR count). The van der Waals surface area contributed by atoms with E-state index in [1.807, 2.05) is 0 Å². The van der Waals surface area contributed by atoms with Gasteiger partial charge in [-0.1, -0.05) is 44.9 Å². The Balaban J connectivity index is 2.89. The van der Waals surface area contributed by atoms with E-state index in [4.69, 9.17) is 0 Å². The van der Waals surface area contributed by atoms with Crippen molar-refractivity contribution in [3.63, 3.8) is 0 Å². The summed E-state index contributed by atoms with van der Waals surface area (Å²) in [4.78, 5) is 19.8. The van der Waals surface area contributed by atoms with Crippen molar-refractivity contribution in [3.8, 4) is 0 Å². The summed E-state index contributed by atoms with van der Waals surface area (Å²) in [5.41, 5.74) is 0. The summed E-state index contributed by atoms with van der Waals surface area (Å²) in [5, 5.41) is 2.67. The number of unbranched alkanes of at least 4 members (excludes halogenated alkanes) is 8. The van der Waals surface area contributed by atoms with Crippen LogP contribution in [-0.2, 0) is 14.3 Å². The van der Waals surface area contributed by atoms with Crippen LogP contribution < -0.4 is 5.32 Å². The lowest BCUT2D eigenvalue weighted by atomic mass is 10.1. The van der Waals surface area contributed by atoms with Crippen LogP contribution in [0, 0.1) is 0 Å². The number of carbonyl (C=O) groups is 2. The van der Waals surface area contributed by atoms with Crippen molar-refractivity contribution >= 4 is 12.9 Å². The van der Waals surface area contributed by atoms with Crippen LogP contribution in [0.15, 0.2) is 0 Å². The van der Waals surface area contributed by atoms with E-state index in [-0.39, 0.29) is 0 Å². The van der Waals surface area contributed by atoms with E-state index in [0.29, 0.717) is 13.1 Å². The summed E-state index contributed by atoms with van der Waals surface area (Å²) in [7, 11) is 0. The van der Waals surface area contributed by atoms with E-state index in [2.05, 4.69) is 10.1 Å². The Morgan fingerprint density at radius 2 is 1.29 bits per heavy atom. The van der Waals surface area contributed by atoms with E-state index >= 15 is 0 Å². The Hall–Kier alpha value is -1.06. The number of rotatable bonds is 14. The fourth-order valence-corrected chi connectivity index (χ4v) is 1.76. The van der Waals surface area contributed by atoms with Gasteiger partial charge in [0.15, 0.2) is 0 Å². The first-order valence-electron chi connectivity index (χ1n) is 6.64. The Kier molecular flexibility index (Phi) is 14.0. The van der Waals surface area contributed by atoms with Crippen LogP contribution in [-0.4, -0.2) is 26.0 Å². The average Bonchev–Trinajstić information content (AvgIpc) is 2.35. The lowest BCUT2D eigenvalue weighted by Crippen LogP contribution is -2.11. The summed E-state index contributed by atoms with van der Waals surface area (Å²) in [6.07, 6.45) is 11.5. The van der Waals surface area contributed by atoms with Crippen molar-refractivity contribution in [3.05, 3.63) is 0 Å². The van der Waals surface area contributed by atoms with Gasteiger partial charge >= 0.3 is 0 Å². The Morgan fingerprint density at radius 1 is 0.765 bits per heavy atom. The molecule has 0 aromatic rings. The molecule has 0 atom stereocenters. The third-order valence-electron chi connectivity index (χ3n) is 2.73. The molecule has 4 nitrogen and oxygen atoms in total. The molecule has 0 heterocycles. The highest BCUT2D eigenvalue weighted by atomic mass is 16.5. The molecule has 0 aromatic heterocycles. The van der Waals surface area contributed by atoms with Gasteiger partial charge in [0, 0.05) is 6.54 Å². The number of nitrogens with one attached hydrogen (secondary N) is 1. The van der Waals surface area contributed by atoms with E-state index in [9.17, 15) is 9.59 Å². The topological polar surface area (TPSA) is 55.4 Å². The monoisotopic (exact) mass is 243 g/mol. The first kappa shape index (κ1) is 15.9. The predicted octanol–water partition coefficient (Wildman–Crippen LogP) is 2.42. The van der Waals surface area contributed by atoms with Gasteiger partial charge in [0.05, 0.1) is 6.61 Å². The standard InChI is InChI=1S/C13H25NO3/c15-12-14-10-8-6-4-2-1-3-5-7-9-11-17-13-16/h12-13H,1-11H2,(H,14,15). The zero-order chi connectivity index (χ0) is 12.6. The van der Waals surface area contributed by atoms with Crippen LogP contribution >= 0.6 is 0 Å². The first-order valence-corrected chi connectivity index (χ1v) is 6.64. The second-order valence-electron chi connectivity index (χ2n) is 4.22. The van der Waals surface area contributed by atoms with Crippen LogP contribution in [0.2, 0.25) is 0 Å². The molecule has 1 amide bonds. The lowest BCUT2D eigenvalue weighted by Gasteiger charge is -2.02. The van der Waals surface area contributed by atoms with Crippen molar-refractivity contribution in [2.24, 2.45) is 0 Å². The molecule has 0 saturated heterocycles. The maximum Gasteiger partial charge on any atom is 0.293 e. The molecule has 0 aliphatic rings. The van der Waals surface area contributed by atoms with E-state index in [0.717, 1.165) is 32.2 Å². The van der Waals surface area contributed by atoms with E-state index < -0.39 is 0 Å². The predicted molar refractivity (Wildman–Crippen MR) is 67.6 cm³/mol. The highest BCUT2D eigenvalue weighted by molar-refractivity contribution is 5.45. The summed E-state index contributed by atoms with van der Waals surface area (Å²) < 4.78 is 4.61. The van der Waals surface area contributed by atoms with Crippen LogP contribution in [0.5, 0.6) is 0 Å². The highest BCUT2D eigenvalue weighted by Gasteiger charge is 1.93. The van der Waals surface area contributed by atoms with Gasteiger partial charge in [-0.25, -0.2) is 0 Å². The number of carbonyl (C=O) groups excluding carboxylic acids is 2. The first-order chi connectivity index (χ1) is 8.41. The maximum absolute atomic E-state index is 9.97. The lowest BCUT2D eigenvalue weighted by molar-refractivity contribution is -0.128. The molecule has 0 unspecified atom stereocenters. The van der Waals surface area contributed by atoms with E-state index in [1.54, 1.807) is 0 Å². The third-order valence-corrected chi connectivity index (χ3v) is 2.73. The summed E-state index contributed by atoms with van der Waals surface area (Å²) >= 11 is 0. The molecule has 0 bridgehead atoms. The van der Waals surface area contributed by atoms with Gasteiger partial charge in [0.2, 0.25) is 6.41 Å². The van der Waals surface area contributed by atoms with Gasteiger partial charge in [-0.2, -0.15) is 0 Å². The number of amides is 1. The summed E-state index contributed by atoms with van der Waals surface area (Å²) in [6.45, 7) is 1.88. The molecular formula is C13H25NO3. The van der Waals surface area contributed by atoms with Crippen molar-refractivity contribution in [1.29, 1.82) is 0 Å². The largest absolute Gasteiger partial charge is 0.468 e. The normalized spacial score (nSPS) is 9.88. The van der Waals surface area contributed by atoms with Crippen molar-refractivity contribution in [2.45, 2.75) is 57.8 Å². The van der Waals surface area contributed by atoms with E-state index in [1.165, 1.54) is 38.5 Å². The highest BCUT2D eigenvalue weighted by Crippen LogP contribution is 2.09. The quantitative estimate of drug-likeness (QED) is 0.376. The van der Waals surface area contributed by atoms with Gasteiger partial charge in [-0.3, -0.25) is 9.59 Å². The van der Waals surface area contributed by atoms with Crippen molar-refractivity contribution < 1.29 is 14.3 Å². The zero-order valence-corrected chi connectivity index (χ0v) is 10.7. The minimum Gasteiger partial charge on any atom is -0.468 e. The third kappa shape index (κ3) is 14.9. The maximum atomic E-state index is 9.97. The van der Waals surface area contributed by atoms with Crippen molar-refractivity contribution in [2.75, 3.05) is 13.2 Å². The van der Waals surface area contributed by atoms with Gasteiger partial charge < -0.3 is 10.1 Å². The summed E-state index contributed by atoms with van der Waals surface area (Å²) in [5.74, 6) is 0. The van der Waals surface area contributed by atoms with Gasteiger partial charge in [-0.05, 0) is 12.8 Å². The molecule has 0 radical (unpaired) electrons. The van der Waals surface area contributed by atoms with Gasteiger partial charge in [-0.15, -0.1) is 0 Å². The molecule has 0 aliphatic carbocycles. The van der Waals surface area contributed by atoms with Gasteiger partial charge in [0.25, 0.3) is 6.47 Å². The van der Waals surface area contributed by atoms with Crippen LogP contribution in [0.4, 0.5) is 0 Å². The minimum absolute atomic E-state index is 0.513. The van der Waals surface area contributed by atoms with Gasteiger partial charge in [0.1, 0.15) is 0 Å². The van der Waals surface area contributed by atoms with Crippen LogP contribution in [0.3, 0.4) is 0 Å². The second kappa shape index (κ2) is 14.9. The SMILES string of the molecule is O=CNCCCCCCCCCCCOC=O. The molecule has 0 fully saturated rings. The van der Waals surface area contributed by atoms with Crippen LogP contribution in [0.1, 0.15) is 57.8 Å². The number of hydrogen-bond acceptors (Lipinski definition) is 3. The fraction of sp³-hybridized carbons (Fsp3) is 0.846. The molecule has 100 valence electrons. The minimum atomic E-state index is 0.513. The second-order valence-corrected chi connectivity index (χ2v) is 4.22. The molecule has 1 N–H and O–H groups in total. The smallest absolute Gasteiger partial charge is 0.293 e. The van der Waals surface area contributed by atoms with Crippen LogP contribution in [0.25, 0.3) is 0 Å². The number of ether oxygens (including phenoxy) is 1. The molecule has 0 spiro atoms. The Morgan fingerprint density at radius 3 is 1.82 bits per heavy atom. The fourth-order valence-electron chi connectivity index (χ4n) is 1.76. The Bertz CT molecular complexity index is 156. The molecule has 17 heavy (non-hydrogen) atoms. The van der Waals surface area contributed by atoms with Crippen molar-refractivity contribution in [1.82, 2.24) is 5.32 Å². The molecule has 0 aromatic carbocycles. The summed E-state index contributed by atoms with van der Waals surface area (Å²) in [6, 6.07) is 0. The molecule has 0 saturated carbocycles.